The van der Waals surface area contributed by atoms with E-state index in [2.05, 4.69) is 13.5 Å². The summed E-state index contributed by atoms with van der Waals surface area (Å²) in [5, 5.41) is 8.66. The largest absolute Gasteiger partial charge is 2.00 e. The maximum absolute atomic E-state index is 11.4. The van der Waals surface area contributed by atoms with Crippen LogP contribution in [0.3, 0.4) is 0 Å². The second-order valence-electron chi connectivity index (χ2n) is 6.91. The standard InChI is InChI=1S/C21H38O3.Ca.2H/c1-3-4-5-6-7-8-9-10-11-12-13-14-15-16-17-18-20(22)19(2)21(23)24;;;/h2-18H2,1H3,(H,23,24);;;/q;+2;2*-1. The van der Waals surface area contributed by atoms with E-state index in [0.717, 1.165) is 19.3 Å². The summed E-state index contributed by atoms with van der Waals surface area (Å²) in [5.41, 5.74) is -0.277. The van der Waals surface area contributed by atoms with Crippen LogP contribution in [0.2, 0.25) is 0 Å². The minimum absolute atomic E-state index is 0. The Morgan fingerprint density at radius 2 is 1.04 bits per heavy atom. The van der Waals surface area contributed by atoms with Gasteiger partial charge in [0.05, 0.1) is 5.57 Å². The third-order valence-corrected chi connectivity index (χ3v) is 4.60. The van der Waals surface area contributed by atoms with Gasteiger partial charge in [-0.1, -0.05) is 103 Å². The molecule has 0 aliphatic heterocycles. The Balaban J connectivity index is -0.000000882. The Morgan fingerprint density at radius 3 is 1.36 bits per heavy atom. The monoisotopic (exact) mass is 380 g/mol. The molecule has 0 atom stereocenters. The van der Waals surface area contributed by atoms with Gasteiger partial charge in [0, 0.05) is 6.42 Å². The van der Waals surface area contributed by atoms with Crippen LogP contribution in [0.4, 0.5) is 0 Å². The third-order valence-electron chi connectivity index (χ3n) is 4.60. The van der Waals surface area contributed by atoms with Crippen LogP contribution in [-0.2, 0) is 9.59 Å². The summed E-state index contributed by atoms with van der Waals surface area (Å²) in [7, 11) is 0. The Bertz CT molecular complexity index is 363. The second kappa shape index (κ2) is 20.5. The van der Waals surface area contributed by atoms with Gasteiger partial charge in [0.15, 0.2) is 5.78 Å². The van der Waals surface area contributed by atoms with Crippen LogP contribution >= 0.6 is 0 Å². The van der Waals surface area contributed by atoms with Crippen molar-refractivity contribution in [3.63, 3.8) is 0 Å². The molecule has 0 heterocycles. The van der Waals surface area contributed by atoms with Crippen LogP contribution in [0.15, 0.2) is 12.2 Å². The Hall–Kier alpha value is 0.140. The predicted molar refractivity (Wildman–Crippen MR) is 109 cm³/mol. The van der Waals surface area contributed by atoms with Gasteiger partial charge in [-0.3, -0.25) is 4.79 Å². The number of aliphatic carboxylic acids is 1. The zero-order valence-corrected chi connectivity index (χ0v) is 18.7. The third kappa shape index (κ3) is 18.7. The summed E-state index contributed by atoms with van der Waals surface area (Å²) in [4.78, 5) is 22.0. The summed E-state index contributed by atoms with van der Waals surface area (Å²) < 4.78 is 0. The van der Waals surface area contributed by atoms with E-state index in [1.807, 2.05) is 0 Å². The van der Waals surface area contributed by atoms with Crippen molar-refractivity contribution >= 4 is 49.5 Å². The molecule has 0 unspecified atom stereocenters. The average Bonchev–Trinajstić information content (AvgIpc) is 2.57. The molecule has 1 N–H and O–H groups in total. The van der Waals surface area contributed by atoms with Crippen molar-refractivity contribution < 1.29 is 17.5 Å². The first-order valence-corrected chi connectivity index (χ1v) is 10.0. The van der Waals surface area contributed by atoms with Crippen LogP contribution < -0.4 is 0 Å². The first-order valence-electron chi connectivity index (χ1n) is 10.0. The number of Topliss-reactive ketones (excluding diaryl/α,β-unsaturated/α-hetero) is 1. The minimum Gasteiger partial charge on any atom is -1.00 e. The van der Waals surface area contributed by atoms with Crippen molar-refractivity contribution in [1.82, 2.24) is 0 Å². The molecule has 0 aliphatic rings. The SMILES string of the molecule is C=C(C(=O)O)C(=O)CCCCCCCCCCCCCCCCC.[Ca+2].[H-].[H-]. The normalized spacial score (nSPS) is 10.3. The predicted octanol–water partition coefficient (Wildman–Crippen LogP) is 6.30. The van der Waals surface area contributed by atoms with Crippen molar-refractivity contribution in [2.24, 2.45) is 0 Å². The van der Waals surface area contributed by atoms with Gasteiger partial charge in [-0.2, -0.15) is 0 Å². The summed E-state index contributed by atoms with van der Waals surface area (Å²) >= 11 is 0. The molecule has 4 heteroatoms. The molecule has 0 saturated carbocycles. The Morgan fingerprint density at radius 1 is 0.720 bits per heavy atom. The first kappa shape index (κ1) is 27.4. The van der Waals surface area contributed by atoms with Gasteiger partial charge in [0.1, 0.15) is 0 Å². The zero-order valence-electron chi connectivity index (χ0n) is 18.5. The number of carbonyl (C=O) groups is 2. The van der Waals surface area contributed by atoms with Crippen LogP contribution in [-0.4, -0.2) is 54.6 Å². The molecule has 0 aromatic heterocycles. The first-order chi connectivity index (χ1) is 11.6. The van der Waals surface area contributed by atoms with E-state index in [4.69, 9.17) is 5.11 Å². The number of carboxylic acids is 1. The number of carboxylic acid groups (broad SMARTS) is 1. The Kier molecular flexibility index (Phi) is 22.4. The summed E-state index contributed by atoms with van der Waals surface area (Å²) in [6.45, 7) is 5.55. The summed E-state index contributed by atoms with van der Waals surface area (Å²) in [6.07, 6.45) is 19.6. The topological polar surface area (TPSA) is 54.4 Å². The van der Waals surface area contributed by atoms with E-state index in [0.29, 0.717) is 6.42 Å². The van der Waals surface area contributed by atoms with Crippen molar-refractivity contribution in [2.45, 2.75) is 110 Å². The minimum atomic E-state index is -1.19. The number of unbranched alkanes of at least 4 members (excludes halogenated alkanes) is 14. The molecule has 0 bridgehead atoms. The van der Waals surface area contributed by atoms with Gasteiger partial charge in [-0.05, 0) is 6.42 Å². The van der Waals surface area contributed by atoms with Gasteiger partial charge in [0.25, 0.3) is 0 Å². The van der Waals surface area contributed by atoms with Crippen LogP contribution in [0.5, 0.6) is 0 Å². The van der Waals surface area contributed by atoms with E-state index < -0.39 is 5.97 Å². The maximum atomic E-state index is 11.4. The van der Waals surface area contributed by atoms with Gasteiger partial charge in [-0.15, -0.1) is 0 Å². The van der Waals surface area contributed by atoms with Crippen LogP contribution in [0, 0.1) is 0 Å². The molecule has 0 aromatic carbocycles. The molecule has 0 aliphatic carbocycles. The fraction of sp³-hybridized carbons (Fsp3) is 0.810. The van der Waals surface area contributed by atoms with Gasteiger partial charge >= 0.3 is 43.7 Å². The van der Waals surface area contributed by atoms with Crippen LogP contribution in [0.25, 0.3) is 0 Å². The van der Waals surface area contributed by atoms with Gasteiger partial charge in [0.2, 0.25) is 0 Å². The van der Waals surface area contributed by atoms with Crippen molar-refractivity contribution in [3.05, 3.63) is 12.2 Å². The molecule has 3 nitrogen and oxygen atoms in total. The van der Waals surface area contributed by atoms with E-state index in [-0.39, 0.29) is 51.9 Å². The number of ketones is 1. The molecule has 0 amide bonds. The summed E-state index contributed by atoms with van der Waals surface area (Å²) in [6, 6.07) is 0. The average molecular weight is 381 g/mol. The van der Waals surface area contributed by atoms with Gasteiger partial charge < -0.3 is 7.96 Å². The molecular formula is C21H40CaO3. The van der Waals surface area contributed by atoms with Crippen molar-refractivity contribution in [1.29, 1.82) is 0 Å². The molecule has 144 valence electrons. The second-order valence-corrected chi connectivity index (χ2v) is 6.91. The fourth-order valence-electron chi connectivity index (χ4n) is 2.93. The molecule has 0 spiro atoms. The van der Waals surface area contributed by atoms with Gasteiger partial charge in [-0.25, -0.2) is 4.79 Å². The number of hydrogen-bond acceptors (Lipinski definition) is 2. The maximum Gasteiger partial charge on any atom is 2.00 e. The fourth-order valence-corrected chi connectivity index (χ4v) is 2.93. The van der Waals surface area contributed by atoms with Crippen molar-refractivity contribution in [2.75, 3.05) is 0 Å². The van der Waals surface area contributed by atoms with E-state index in [1.54, 1.807) is 0 Å². The van der Waals surface area contributed by atoms with E-state index in [9.17, 15) is 9.59 Å². The molecule has 0 saturated heterocycles. The Labute approximate surface area is 188 Å². The van der Waals surface area contributed by atoms with E-state index in [1.165, 1.54) is 77.0 Å². The molecule has 0 rings (SSSR count). The molecule has 25 heavy (non-hydrogen) atoms. The van der Waals surface area contributed by atoms with Crippen LogP contribution in [0.1, 0.15) is 113 Å². The summed E-state index contributed by atoms with van der Waals surface area (Å²) in [5.74, 6) is -1.52. The molecular weight excluding hydrogens is 340 g/mol. The number of rotatable bonds is 18. The molecule has 0 fully saturated rings. The smallest absolute Gasteiger partial charge is 1.00 e. The zero-order chi connectivity index (χ0) is 18.0. The molecule has 0 aromatic rings. The molecule has 0 radical (unpaired) electrons. The van der Waals surface area contributed by atoms with Crippen molar-refractivity contribution in [3.8, 4) is 0 Å². The number of hydrogen-bond donors (Lipinski definition) is 1. The van der Waals surface area contributed by atoms with E-state index >= 15 is 0 Å². The quantitative estimate of drug-likeness (QED) is 0.0997. The number of carbonyl (C=O) groups excluding carboxylic acids is 1.